The van der Waals surface area contributed by atoms with Crippen molar-refractivity contribution in [2.45, 2.75) is 37.8 Å². The fourth-order valence-electron chi connectivity index (χ4n) is 4.65. The standard InChI is InChI=1S/C33H35N3O5S/c1-4-31(33(38)34-3)35(23-26-13-11-12-25(2)22-26)32(37)24-36(42(39,40)30-16-9-6-10-17-30)27-18-20-29(21-19-27)41-28-14-7-5-8-15-28/h5-22,31H,4,23-24H2,1-3H3,(H,34,38)/t31-/m1/s1. The number of carbonyl (C=O) groups excluding carboxylic acids is 2. The predicted molar refractivity (Wildman–Crippen MR) is 164 cm³/mol. The highest BCUT2D eigenvalue weighted by atomic mass is 32.2. The van der Waals surface area contributed by atoms with Crippen LogP contribution >= 0.6 is 0 Å². The van der Waals surface area contributed by atoms with Crippen LogP contribution in [0.3, 0.4) is 0 Å². The summed E-state index contributed by atoms with van der Waals surface area (Å²) in [5.41, 5.74) is 2.14. The number of sulfonamides is 1. The molecular weight excluding hydrogens is 550 g/mol. The molecule has 2 amide bonds. The zero-order chi connectivity index (χ0) is 30.1. The summed E-state index contributed by atoms with van der Waals surface area (Å²) in [4.78, 5) is 28.4. The lowest BCUT2D eigenvalue weighted by atomic mass is 10.1. The summed E-state index contributed by atoms with van der Waals surface area (Å²) >= 11 is 0. The molecule has 0 bridgehead atoms. The molecule has 42 heavy (non-hydrogen) atoms. The predicted octanol–water partition coefficient (Wildman–Crippen LogP) is 5.54. The minimum Gasteiger partial charge on any atom is -0.457 e. The SMILES string of the molecule is CC[C@H](C(=O)NC)N(Cc1cccc(C)c1)C(=O)CN(c1ccc(Oc2ccccc2)cc1)S(=O)(=O)c1ccccc1. The van der Waals surface area contributed by atoms with Gasteiger partial charge in [0.05, 0.1) is 10.6 Å². The van der Waals surface area contributed by atoms with Crippen molar-refractivity contribution >= 4 is 27.5 Å². The number of hydrogen-bond acceptors (Lipinski definition) is 5. The fraction of sp³-hybridized carbons (Fsp3) is 0.212. The van der Waals surface area contributed by atoms with Gasteiger partial charge in [-0.1, -0.05) is 73.2 Å². The van der Waals surface area contributed by atoms with Crippen molar-refractivity contribution in [1.82, 2.24) is 10.2 Å². The van der Waals surface area contributed by atoms with E-state index in [1.165, 1.54) is 24.1 Å². The number of benzene rings is 4. The summed E-state index contributed by atoms with van der Waals surface area (Å²) in [7, 11) is -2.63. The highest BCUT2D eigenvalue weighted by molar-refractivity contribution is 7.92. The minimum atomic E-state index is -4.15. The molecular formula is C33H35N3O5S. The summed E-state index contributed by atoms with van der Waals surface area (Å²) in [5.74, 6) is 0.329. The van der Waals surface area contributed by atoms with Crippen LogP contribution in [0.1, 0.15) is 24.5 Å². The van der Waals surface area contributed by atoms with Gasteiger partial charge in [0.1, 0.15) is 24.1 Å². The maximum atomic E-state index is 14.0. The summed E-state index contributed by atoms with van der Waals surface area (Å²) in [6.45, 7) is 3.41. The second-order valence-electron chi connectivity index (χ2n) is 9.78. The number of rotatable bonds is 12. The summed E-state index contributed by atoms with van der Waals surface area (Å²) < 4.78 is 34.8. The van der Waals surface area contributed by atoms with Crippen LogP contribution in [0.15, 0.2) is 114 Å². The van der Waals surface area contributed by atoms with E-state index in [9.17, 15) is 18.0 Å². The lowest BCUT2D eigenvalue weighted by molar-refractivity contribution is -0.140. The molecule has 0 saturated heterocycles. The van der Waals surface area contributed by atoms with Crippen molar-refractivity contribution < 1.29 is 22.7 Å². The van der Waals surface area contributed by atoms with Gasteiger partial charge in [0.15, 0.2) is 0 Å². The number of amides is 2. The zero-order valence-electron chi connectivity index (χ0n) is 23.9. The smallest absolute Gasteiger partial charge is 0.264 e. The van der Waals surface area contributed by atoms with E-state index < -0.39 is 28.5 Å². The van der Waals surface area contributed by atoms with Crippen LogP contribution in [-0.2, 0) is 26.2 Å². The molecule has 1 N–H and O–H groups in total. The van der Waals surface area contributed by atoms with Gasteiger partial charge in [0, 0.05) is 13.6 Å². The van der Waals surface area contributed by atoms with Crippen LogP contribution in [0.4, 0.5) is 5.69 Å². The van der Waals surface area contributed by atoms with Crippen LogP contribution < -0.4 is 14.4 Å². The number of carbonyl (C=O) groups is 2. The first-order chi connectivity index (χ1) is 20.2. The molecule has 0 radical (unpaired) electrons. The number of nitrogens with zero attached hydrogens (tertiary/aromatic N) is 2. The molecule has 0 heterocycles. The zero-order valence-corrected chi connectivity index (χ0v) is 24.8. The molecule has 4 rings (SSSR count). The topological polar surface area (TPSA) is 96.0 Å². The van der Waals surface area contributed by atoms with Crippen LogP contribution in [0.2, 0.25) is 0 Å². The van der Waals surface area contributed by atoms with Crippen LogP contribution in [0.5, 0.6) is 11.5 Å². The first-order valence-corrected chi connectivity index (χ1v) is 15.1. The average molecular weight is 586 g/mol. The highest BCUT2D eigenvalue weighted by Gasteiger charge is 2.33. The Kier molecular flexibility index (Phi) is 9.98. The Labute approximate surface area is 247 Å². The van der Waals surface area contributed by atoms with Gasteiger partial charge in [-0.25, -0.2) is 8.42 Å². The first-order valence-electron chi connectivity index (χ1n) is 13.7. The van der Waals surface area contributed by atoms with Gasteiger partial charge in [0.25, 0.3) is 10.0 Å². The lowest BCUT2D eigenvalue weighted by Crippen LogP contribution is -2.51. The van der Waals surface area contributed by atoms with Crippen molar-refractivity contribution in [2.75, 3.05) is 17.9 Å². The van der Waals surface area contributed by atoms with Crippen molar-refractivity contribution in [1.29, 1.82) is 0 Å². The molecule has 0 fully saturated rings. The minimum absolute atomic E-state index is 0.0472. The van der Waals surface area contributed by atoms with Crippen LogP contribution in [-0.4, -0.2) is 44.8 Å². The number of ether oxygens (including phenoxy) is 1. The number of likely N-dealkylation sites (N-methyl/N-ethyl adjacent to an activating group) is 1. The van der Waals surface area contributed by atoms with Gasteiger partial charge in [0.2, 0.25) is 11.8 Å². The third-order valence-electron chi connectivity index (χ3n) is 6.78. The monoisotopic (exact) mass is 585 g/mol. The lowest BCUT2D eigenvalue weighted by Gasteiger charge is -2.33. The van der Waals surface area contributed by atoms with Crippen molar-refractivity contribution in [3.63, 3.8) is 0 Å². The van der Waals surface area contributed by atoms with Gasteiger partial charge in [-0.15, -0.1) is 0 Å². The molecule has 8 nitrogen and oxygen atoms in total. The van der Waals surface area contributed by atoms with E-state index in [0.717, 1.165) is 15.4 Å². The third kappa shape index (κ3) is 7.36. The molecule has 218 valence electrons. The van der Waals surface area contributed by atoms with Crippen molar-refractivity contribution in [2.24, 2.45) is 0 Å². The van der Waals surface area contributed by atoms with Gasteiger partial charge in [-0.2, -0.15) is 0 Å². The van der Waals surface area contributed by atoms with Crippen LogP contribution in [0.25, 0.3) is 0 Å². The Hall–Kier alpha value is -4.63. The Bertz CT molecular complexity index is 1590. The molecule has 0 aliphatic heterocycles. The quantitative estimate of drug-likeness (QED) is 0.236. The molecule has 0 saturated carbocycles. The Morgan fingerprint density at radius 1 is 0.833 bits per heavy atom. The Morgan fingerprint density at radius 3 is 2.05 bits per heavy atom. The van der Waals surface area contributed by atoms with E-state index in [1.54, 1.807) is 42.5 Å². The van der Waals surface area contributed by atoms with E-state index in [2.05, 4.69) is 5.32 Å². The number of aryl methyl sites for hydroxylation is 1. The number of nitrogens with one attached hydrogen (secondary N) is 1. The van der Waals surface area contributed by atoms with E-state index in [4.69, 9.17) is 4.74 Å². The van der Waals surface area contributed by atoms with E-state index in [0.29, 0.717) is 17.9 Å². The van der Waals surface area contributed by atoms with Crippen molar-refractivity contribution in [3.8, 4) is 11.5 Å². The normalized spacial score (nSPS) is 11.8. The van der Waals surface area contributed by atoms with Gasteiger partial charge < -0.3 is 15.0 Å². The van der Waals surface area contributed by atoms with Crippen molar-refractivity contribution in [3.05, 3.63) is 120 Å². The van der Waals surface area contributed by atoms with E-state index in [1.807, 2.05) is 68.4 Å². The molecule has 0 aliphatic carbocycles. The second-order valence-corrected chi connectivity index (χ2v) is 11.6. The molecule has 1 atom stereocenters. The molecule has 0 unspecified atom stereocenters. The number of hydrogen-bond donors (Lipinski definition) is 1. The largest absolute Gasteiger partial charge is 0.457 e. The van der Waals surface area contributed by atoms with E-state index in [-0.39, 0.29) is 23.0 Å². The molecule has 0 aliphatic rings. The number of para-hydroxylation sites is 1. The maximum absolute atomic E-state index is 14.0. The van der Waals surface area contributed by atoms with Crippen LogP contribution in [0, 0.1) is 6.92 Å². The average Bonchev–Trinajstić information content (AvgIpc) is 3.01. The Balaban J connectivity index is 1.71. The van der Waals surface area contributed by atoms with E-state index >= 15 is 0 Å². The van der Waals surface area contributed by atoms with Gasteiger partial charge in [-0.3, -0.25) is 13.9 Å². The van der Waals surface area contributed by atoms with Gasteiger partial charge >= 0.3 is 0 Å². The molecule has 0 aromatic heterocycles. The maximum Gasteiger partial charge on any atom is 0.264 e. The molecule has 9 heteroatoms. The first kappa shape index (κ1) is 30.3. The Morgan fingerprint density at radius 2 is 1.45 bits per heavy atom. The third-order valence-corrected chi connectivity index (χ3v) is 8.57. The molecule has 0 spiro atoms. The molecule has 4 aromatic carbocycles. The highest BCUT2D eigenvalue weighted by Crippen LogP contribution is 2.28. The molecule has 4 aromatic rings. The summed E-state index contributed by atoms with van der Waals surface area (Å²) in [6, 6.07) is 30.6. The second kappa shape index (κ2) is 13.8. The summed E-state index contributed by atoms with van der Waals surface area (Å²) in [5, 5.41) is 2.64. The fourth-order valence-corrected chi connectivity index (χ4v) is 6.08. The summed E-state index contributed by atoms with van der Waals surface area (Å²) in [6.07, 6.45) is 0.355. The van der Waals surface area contributed by atoms with Gasteiger partial charge in [-0.05, 0) is 67.4 Å². The number of anilines is 1.